The van der Waals surface area contributed by atoms with Gasteiger partial charge in [-0.3, -0.25) is 5.84 Å². The molecule has 0 amide bonds. The fourth-order valence-corrected chi connectivity index (χ4v) is 2.10. The van der Waals surface area contributed by atoms with E-state index in [0.717, 1.165) is 17.7 Å². The summed E-state index contributed by atoms with van der Waals surface area (Å²) in [5.74, 6) is 3.60. The molecule has 0 bridgehead atoms. The molecule has 0 aliphatic heterocycles. The van der Waals surface area contributed by atoms with Crippen LogP contribution in [0.15, 0.2) is 48.5 Å². The first kappa shape index (κ1) is 12.5. The minimum Gasteiger partial charge on any atom is -0.323 e. The Bertz CT molecular complexity index is 773. The summed E-state index contributed by atoms with van der Waals surface area (Å²) in [7, 11) is 0. The zero-order chi connectivity index (χ0) is 14.1. The Kier molecular flexibility index (Phi) is 3.04. The van der Waals surface area contributed by atoms with E-state index in [1.807, 2.05) is 30.3 Å². The van der Waals surface area contributed by atoms with Crippen LogP contribution in [-0.4, -0.2) is 4.98 Å². The highest BCUT2D eigenvalue weighted by Crippen LogP contribution is 2.29. The predicted octanol–water partition coefficient (Wildman–Crippen LogP) is 3.47. The number of anilines is 1. The number of benzene rings is 2. The lowest BCUT2D eigenvalue weighted by atomic mass is 10.1. The van der Waals surface area contributed by atoms with Crippen molar-refractivity contribution in [2.75, 3.05) is 5.43 Å². The van der Waals surface area contributed by atoms with Gasteiger partial charge in [-0.05, 0) is 12.1 Å². The summed E-state index contributed by atoms with van der Waals surface area (Å²) in [5.41, 5.74) is 4.84. The maximum atomic E-state index is 13.4. The molecule has 0 atom stereocenters. The van der Waals surface area contributed by atoms with Crippen LogP contribution in [0.4, 0.5) is 14.5 Å². The fourth-order valence-electron chi connectivity index (χ4n) is 2.10. The zero-order valence-corrected chi connectivity index (χ0v) is 10.4. The second-order valence-electron chi connectivity index (χ2n) is 4.35. The molecule has 0 aliphatic rings. The second-order valence-corrected chi connectivity index (χ2v) is 4.35. The number of rotatable bonds is 2. The maximum Gasteiger partial charge on any atom is 0.161 e. The maximum absolute atomic E-state index is 13.4. The summed E-state index contributed by atoms with van der Waals surface area (Å²) in [5, 5.41) is 0.436. The van der Waals surface area contributed by atoms with E-state index in [4.69, 9.17) is 5.84 Å². The quantitative estimate of drug-likeness (QED) is 0.554. The van der Waals surface area contributed by atoms with Crippen molar-refractivity contribution in [2.45, 2.75) is 0 Å². The zero-order valence-electron chi connectivity index (χ0n) is 10.4. The number of nitrogen functional groups attached to an aromatic ring is 1. The molecule has 2 aromatic carbocycles. The first-order chi connectivity index (χ1) is 9.69. The number of pyridine rings is 1. The minimum atomic E-state index is -0.932. The lowest BCUT2D eigenvalue weighted by Gasteiger charge is -2.09. The van der Waals surface area contributed by atoms with Gasteiger partial charge in [-0.2, -0.15) is 0 Å². The topological polar surface area (TPSA) is 50.9 Å². The lowest BCUT2D eigenvalue weighted by Crippen LogP contribution is -2.08. The van der Waals surface area contributed by atoms with Crippen LogP contribution in [0.3, 0.4) is 0 Å². The number of hydrogen-bond acceptors (Lipinski definition) is 3. The molecule has 0 radical (unpaired) electrons. The summed E-state index contributed by atoms with van der Waals surface area (Å²) in [6.45, 7) is 0. The molecule has 20 heavy (non-hydrogen) atoms. The standard InChI is InChI=1S/C15H11F2N3/c16-11-6-10-14(7-12(11)17)19-13(8-15(10)20-18)9-4-2-1-3-5-9/h1-8H,18H2,(H,19,20). The third-order valence-corrected chi connectivity index (χ3v) is 3.08. The Morgan fingerprint density at radius 1 is 0.950 bits per heavy atom. The molecular weight excluding hydrogens is 260 g/mol. The van der Waals surface area contributed by atoms with E-state index in [9.17, 15) is 8.78 Å². The highest BCUT2D eigenvalue weighted by atomic mass is 19.2. The van der Waals surface area contributed by atoms with E-state index in [-0.39, 0.29) is 0 Å². The third-order valence-electron chi connectivity index (χ3n) is 3.08. The molecule has 0 unspecified atom stereocenters. The van der Waals surface area contributed by atoms with Crippen LogP contribution in [0.1, 0.15) is 0 Å². The van der Waals surface area contributed by atoms with Gasteiger partial charge < -0.3 is 5.43 Å². The average Bonchev–Trinajstić information content (AvgIpc) is 2.48. The van der Waals surface area contributed by atoms with Gasteiger partial charge in [0.25, 0.3) is 0 Å². The van der Waals surface area contributed by atoms with E-state index in [1.165, 1.54) is 0 Å². The van der Waals surface area contributed by atoms with Crippen molar-refractivity contribution in [3.05, 3.63) is 60.2 Å². The van der Waals surface area contributed by atoms with Gasteiger partial charge in [0.15, 0.2) is 11.6 Å². The van der Waals surface area contributed by atoms with Crippen molar-refractivity contribution in [2.24, 2.45) is 5.84 Å². The van der Waals surface area contributed by atoms with Crippen molar-refractivity contribution in [1.29, 1.82) is 0 Å². The Hall–Kier alpha value is -2.53. The predicted molar refractivity (Wildman–Crippen MR) is 74.9 cm³/mol. The van der Waals surface area contributed by atoms with Crippen molar-refractivity contribution in [1.82, 2.24) is 4.98 Å². The van der Waals surface area contributed by atoms with Crippen LogP contribution >= 0.6 is 0 Å². The lowest BCUT2D eigenvalue weighted by molar-refractivity contribution is 0.510. The Morgan fingerprint density at radius 3 is 2.35 bits per heavy atom. The summed E-state index contributed by atoms with van der Waals surface area (Å²) >= 11 is 0. The molecule has 100 valence electrons. The molecule has 0 saturated heterocycles. The van der Waals surface area contributed by atoms with Crippen LogP contribution in [0.25, 0.3) is 22.2 Å². The second kappa shape index (κ2) is 4.86. The Morgan fingerprint density at radius 2 is 1.65 bits per heavy atom. The minimum absolute atomic E-state index is 0.346. The molecule has 0 fully saturated rings. The van der Waals surface area contributed by atoms with Crippen molar-refractivity contribution >= 4 is 16.6 Å². The number of hydrazine groups is 1. The van der Waals surface area contributed by atoms with E-state index >= 15 is 0 Å². The van der Waals surface area contributed by atoms with Crippen LogP contribution in [-0.2, 0) is 0 Å². The number of hydrogen-bond donors (Lipinski definition) is 2. The van der Waals surface area contributed by atoms with E-state index in [2.05, 4.69) is 10.4 Å². The van der Waals surface area contributed by atoms with E-state index < -0.39 is 11.6 Å². The van der Waals surface area contributed by atoms with Gasteiger partial charge in [-0.25, -0.2) is 13.8 Å². The summed E-state index contributed by atoms with van der Waals surface area (Å²) in [6.07, 6.45) is 0. The van der Waals surface area contributed by atoms with Crippen LogP contribution in [0.5, 0.6) is 0 Å². The molecule has 3 aromatic rings. The molecule has 5 heteroatoms. The molecule has 0 aliphatic carbocycles. The van der Waals surface area contributed by atoms with E-state index in [1.54, 1.807) is 6.07 Å². The molecule has 1 heterocycles. The first-order valence-corrected chi connectivity index (χ1v) is 6.01. The van der Waals surface area contributed by atoms with Crippen molar-refractivity contribution in [3.8, 4) is 11.3 Å². The molecule has 0 spiro atoms. The first-order valence-electron chi connectivity index (χ1n) is 6.01. The van der Waals surface area contributed by atoms with Gasteiger partial charge in [0.05, 0.1) is 16.9 Å². The normalized spacial score (nSPS) is 10.8. The average molecular weight is 271 g/mol. The number of aromatic nitrogens is 1. The highest BCUT2D eigenvalue weighted by molar-refractivity contribution is 5.93. The van der Waals surface area contributed by atoms with Gasteiger partial charge in [-0.1, -0.05) is 30.3 Å². The number of nitrogens with zero attached hydrogens (tertiary/aromatic N) is 1. The number of nitrogens with one attached hydrogen (secondary N) is 1. The van der Waals surface area contributed by atoms with Gasteiger partial charge in [-0.15, -0.1) is 0 Å². The molecular formula is C15H11F2N3. The van der Waals surface area contributed by atoms with Crippen LogP contribution in [0, 0.1) is 11.6 Å². The largest absolute Gasteiger partial charge is 0.323 e. The Balaban J connectivity index is 2.29. The fraction of sp³-hybridized carbons (Fsp3) is 0. The number of nitrogens with two attached hydrogens (primary N) is 1. The van der Waals surface area contributed by atoms with Gasteiger partial charge in [0.1, 0.15) is 0 Å². The SMILES string of the molecule is NNc1cc(-c2ccccc2)nc2cc(F)c(F)cc12. The summed E-state index contributed by atoms with van der Waals surface area (Å²) in [6, 6.07) is 13.3. The number of fused-ring (bicyclic) bond motifs is 1. The summed E-state index contributed by atoms with van der Waals surface area (Å²) in [4.78, 5) is 4.35. The molecule has 1 aromatic heterocycles. The van der Waals surface area contributed by atoms with Gasteiger partial charge >= 0.3 is 0 Å². The van der Waals surface area contributed by atoms with Gasteiger partial charge in [0.2, 0.25) is 0 Å². The smallest absolute Gasteiger partial charge is 0.161 e. The number of halogens is 2. The van der Waals surface area contributed by atoms with Crippen molar-refractivity contribution in [3.63, 3.8) is 0 Å². The monoisotopic (exact) mass is 271 g/mol. The summed E-state index contributed by atoms with van der Waals surface area (Å²) < 4.78 is 26.7. The molecule has 3 N–H and O–H groups in total. The van der Waals surface area contributed by atoms with Gasteiger partial charge in [0, 0.05) is 17.0 Å². The van der Waals surface area contributed by atoms with E-state index in [0.29, 0.717) is 22.3 Å². The van der Waals surface area contributed by atoms with Crippen molar-refractivity contribution < 1.29 is 8.78 Å². The highest BCUT2D eigenvalue weighted by Gasteiger charge is 2.11. The molecule has 3 nitrogen and oxygen atoms in total. The molecule has 0 saturated carbocycles. The van der Waals surface area contributed by atoms with Crippen LogP contribution in [0.2, 0.25) is 0 Å². The molecule has 3 rings (SSSR count). The third kappa shape index (κ3) is 2.08. The van der Waals surface area contributed by atoms with Crippen LogP contribution < -0.4 is 11.3 Å². The Labute approximate surface area is 114 Å².